The Kier molecular flexibility index (Phi) is 6.88. The number of nitrogens with one attached hydrogen (secondary N) is 2. The van der Waals surface area contributed by atoms with Crippen LogP contribution in [0.4, 0.5) is 5.13 Å². The van der Waals surface area contributed by atoms with Gasteiger partial charge in [0.2, 0.25) is 5.91 Å². The van der Waals surface area contributed by atoms with E-state index in [2.05, 4.69) is 25.8 Å². The molecule has 2 amide bonds. The second-order valence-electron chi connectivity index (χ2n) is 6.19. The summed E-state index contributed by atoms with van der Waals surface area (Å²) in [4.78, 5) is 28.7. The van der Waals surface area contributed by atoms with Gasteiger partial charge in [-0.25, -0.2) is 4.98 Å². The Labute approximate surface area is 181 Å². The van der Waals surface area contributed by atoms with E-state index in [0.29, 0.717) is 26.7 Å². The molecular formula is C18H19ClN6O2S2. The van der Waals surface area contributed by atoms with Gasteiger partial charge in [0.25, 0.3) is 5.91 Å². The van der Waals surface area contributed by atoms with Gasteiger partial charge in [0, 0.05) is 29.2 Å². The number of thiazole rings is 1. The van der Waals surface area contributed by atoms with Crippen molar-refractivity contribution in [2.75, 3.05) is 5.32 Å². The Balaban J connectivity index is 1.62. The molecule has 0 aliphatic rings. The highest BCUT2D eigenvalue weighted by Gasteiger charge is 2.22. The van der Waals surface area contributed by atoms with Gasteiger partial charge in [-0.15, -0.1) is 21.5 Å². The third kappa shape index (κ3) is 5.34. The van der Waals surface area contributed by atoms with Crippen molar-refractivity contribution in [3.8, 4) is 0 Å². The number of carbonyl (C=O) groups is 2. The molecule has 0 spiro atoms. The minimum atomic E-state index is -0.395. The number of nitrogens with zero attached hydrogens (tertiary/aromatic N) is 4. The average Bonchev–Trinajstić information content (AvgIpc) is 3.32. The van der Waals surface area contributed by atoms with Crippen LogP contribution in [-0.4, -0.2) is 36.8 Å². The molecule has 2 atom stereocenters. The number of rotatable bonds is 7. The highest BCUT2D eigenvalue weighted by Crippen LogP contribution is 2.25. The molecule has 3 rings (SSSR count). The summed E-state index contributed by atoms with van der Waals surface area (Å²) in [7, 11) is 1.80. The van der Waals surface area contributed by atoms with Gasteiger partial charge in [-0.05, 0) is 38.1 Å². The van der Waals surface area contributed by atoms with E-state index in [1.54, 1.807) is 54.4 Å². The van der Waals surface area contributed by atoms with Crippen molar-refractivity contribution in [1.29, 1.82) is 0 Å². The summed E-state index contributed by atoms with van der Waals surface area (Å²) < 4.78 is 1.77. The molecule has 8 nitrogen and oxygen atoms in total. The zero-order chi connectivity index (χ0) is 21.0. The molecule has 1 aromatic carbocycles. The number of thioether (sulfide) groups is 1. The molecule has 0 fully saturated rings. The van der Waals surface area contributed by atoms with E-state index in [4.69, 9.17) is 11.6 Å². The molecule has 0 saturated heterocycles. The Bertz CT molecular complexity index is 990. The van der Waals surface area contributed by atoms with Crippen LogP contribution >= 0.6 is 34.7 Å². The molecule has 152 valence electrons. The number of amides is 2. The molecular weight excluding hydrogens is 432 g/mol. The van der Waals surface area contributed by atoms with Crippen molar-refractivity contribution in [2.45, 2.75) is 30.3 Å². The van der Waals surface area contributed by atoms with Crippen LogP contribution in [-0.2, 0) is 11.8 Å². The van der Waals surface area contributed by atoms with Gasteiger partial charge >= 0.3 is 0 Å². The molecule has 3 aromatic rings. The molecule has 2 heterocycles. The summed E-state index contributed by atoms with van der Waals surface area (Å²) in [6.45, 7) is 3.61. The molecule has 0 aliphatic heterocycles. The zero-order valence-electron chi connectivity index (χ0n) is 15.9. The van der Waals surface area contributed by atoms with Gasteiger partial charge in [-0.3, -0.25) is 9.59 Å². The Hall–Kier alpha value is -2.43. The molecule has 2 N–H and O–H groups in total. The topological polar surface area (TPSA) is 102 Å². The number of hydrogen-bond donors (Lipinski definition) is 2. The maximum atomic E-state index is 12.4. The Morgan fingerprint density at radius 3 is 2.59 bits per heavy atom. The van der Waals surface area contributed by atoms with Gasteiger partial charge in [0.05, 0.1) is 11.3 Å². The third-order valence-electron chi connectivity index (χ3n) is 4.02. The van der Waals surface area contributed by atoms with Crippen LogP contribution in [0.2, 0.25) is 5.02 Å². The lowest BCUT2D eigenvalue weighted by atomic mass is 10.2. The first kappa shape index (κ1) is 21.3. The van der Waals surface area contributed by atoms with E-state index in [1.807, 2.05) is 6.92 Å². The standard InChI is InChI=1S/C18H19ClN6O2S2/c1-10(21-16(27)12-4-6-13(19)7-5-12)14-23-24-18(25(14)3)29-11(2)15(26)22-17-20-8-9-28-17/h4-11H,1-3H3,(H,21,27)(H,20,22,26). The van der Waals surface area contributed by atoms with Crippen LogP contribution < -0.4 is 10.6 Å². The Morgan fingerprint density at radius 1 is 1.21 bits per heavy atom. The average molecular weight is 451 g/mol. The van der Waals surface area contributed by atoms with E-state index >= 15 is 0 Å². The van der Waals surface area contributed by atoms with E-state index in [-0.39, 0.29) is 17.9 Å². The summed E-state index contributed by atoms with van der Waals surface area (Å²) >= 11 is 8.50. The second kappa shape index (κ2) is 9.38. The molecule has 0 bridgehead atoms. The van der Waals surface area contributed by atoms with Crippen LogP contribution in [0.1, 0.15) is 36.1 Å². The van der Waals surface area contributed by atoms with Crippen molar-refractivity contribution < 1.29 is 9.59 Å². The molecule has 2 unspecified atom stereocenters. The number of halogens is 1. The number of anilines is 1. The SMILES string of the molecule is CC(Sc1nnc(C(C)NC(=O)c2ccc(Cl)cc2)n1C)C(=O)Nc1nccs1. The van der Waals surface area contributed by atoms with E-state index < -0.39 is 5.25 Å². The lowest BCUT2D eigenvalue weighted by Gasteiger charge is -2.14. The van der Waals surface area contributed by atoms with Gasteiger partial charge < -0.3 is 15.2 Å². The van der Waals surface area contributed by atoms with E-state index in [0.717, 1.165) is 0 Å². The number of hydrogen-bond acceptors (Lipinski definition) is 7. The van der Waals surface area contributed by atoms with Gasteiger partial charge in [0.15, 0.2) is 16.1 Å². The molecule has 0 aliphatic carbocycles. The minimum absolute atomic E-state index is 0.168. The normalized spacial score (nSPS) is 13.0. The summed E-state index contributed by atoms with van der Waals surface area (Å²) in [5.74, 6) is 0.184. The molecule has 0 radical (unpaired) electrons. The number of benzene rings is 1. The lowest BCUT2D eigenvalue weighted by Crippen LogP contribution is -2.28. The van der Waals surface area contributed by atoms with Crippen molar-refractivity contribution in [3.05, 3.63) is 52.3 Å². The van der Waals surface area contributed by atoms with Crippen molar-refractivity contribution in [2.24, 2.45) is 7.05 Å². The molecule has 2 aromatic heterocycles. The first-order valence-corrected chi connectivity index (χ1v) is 10.8. The largest absolute Gasteiger partial charge is 0.342 e. The third-order valence-corrected chi connectivity index (χ3v) is 6.10. The van der Waals surface area contributed by atoms with Crippen LogP contribution in [0, 0.1) is 0 Å². The van der Waals surface area contributed by atoms with E-state index in [1.165, 1.54) is 23.1 Å². The summed E-state index contributed by atoms with van der Waals surface area (Å²) in [5.41, 5.74) is 0.505. The predicted molar refractivity (Wildman–Crippen MR) is 114 cm³/mol. The number of carbonyl (C=O) groups excluding carboxylic acids is 2. The van der Waals surface area contributed by atoms with Crippen molar-refractivity contribution in [1.82, 2.24) is 25.1 Å². The smallest absolute Gasteiger partial charge is 0.251 e. The number of aromatic nitrogens is 4. The quantitative estimate of drug-likeness (QED) is 0.534. The zero-order valence-corrected chi connectivity index (χ0v) is 18.3. The summed E-state index contributed by atoms with van der Waals surface area (Å²) in [5, 5.41) is 17.1. The monoisotopic (exact) mass is 450 g/mol. The van der Waals surface area contributed by atoms with Gasteiger partial charge in [0.1, 0.15) is 0 Å². The molecule has 29 heavy (non-hydrogen) atoms. The second-order valence-corrected chi connectivity index (χ2v) is 8.83. The fourth-order valence-electron chi connectivity index (χ4n) is 2.46. The summed E-state index contributed by atoms with van der Waals surface area (Å²) in [6.07, 6.45) is 1.63. The van der Waals surface area contributed by atoms with Crippen molar-refractivity contribution in [3.63, 3.8) is 0 Å². The van der Waals surface area contributed by atoms with Gasteiger partial charge in [-0.1, -0.05) is 23.4 Å². The van der Waals surface area contributed by atoms with Crippen LogP contribution in [0.25, 0.3) is 0 Å². The molecule has 0 saturated carbocycles. The maximum absolute atomic E-state index is 12.4. The lowest BCUT2D eigenvalue weighted by molar-refractivity contribution is -0.115. The molecule has 11 heteroatoms. The van der Waals surface area contributed by atoms with E-state index in [9.17, 15) is 9.59 Å². The van der Waals surface area contributed by atoms with Crippen LogP contribution in [0.5, 0.6) is 0 Å². The van der Waals surface area contributed by atoms with Crippen molar-refractivity contribution >= 4 is 51.6 Å². The summed E-state index contributed by atoms with van der Waals surface area (Å²) in [6, 6.07) is 6.27. The highest BCUT2D eigenvalue weighted by molar-refractivity contribution is 8.00. The highest BCUT2D eigenvalue weighted by atomic mass is 35.5. The minimum Gasteiger partial charge on any atom is -0.342 e. The van der Waals surface area contributed by atoms with Gasteiger partial charge in [-0.2, -0.15) is 0 Å². The maximum Gasteiger partial charge on any atom is 0.251 e. The predicted octanol–water partition coefficient (Wildman–Crippen LogP) is 3.54. The fourth-order valence-corrected chi connectivity index (χ4v) is 3.94. The first-order valence-electron chi connectivity index (χ1n) is 8.68. The van der Waals surface area contributed by atoms with Crippen LogP contribution in [0.3, 0.4) is 0 Å². The fraction of sp³-hybridized carbons (Fsp3) is 0.278. The first-order chi connectivity index (χ1) is 13.8. The Morgan fingerprint density at radius 2 is 1.93 bits per heavy atom. The van der Waals surface area contributed by atoms with Crippen LogP contribution in [0.15, 0.2) is 41.0 Å².